The lowest BCUT2D eigenvalue weighted by Crippen LogP contribution is -2.63. The summed E-state index contributed by atoms with van der Waals surface area (Å²) in [6.07, 6.45) is -2.83. The van der Waals surface area contributed by atoms with Gasteiger partial charge in [0.1, 0.15) is 18.3 Å². The van der Waals surface area contributed by atoms with Crippen molar-refractivity contribution in [1.29, 1.82) is 0 Å². The van der Waals surface area contributed by atoms with E-state index in [0.717, 1.165) is 22.3 Å². The standard InChI is InChI=1S/C35H38O5/c1-26-31(36)33(38-23-28-16-8-3-9-17-28)35(40-25-30-20-12-5-13-21-30)34(39-24-29-18-10-4-11-19-29)32(26)37-22-27-14-6-2-7-15-27/h2-21,26,31-36H,22-25H2,1H3/t26-,31?,32?,33?,34-,35+/m1/s1. The molecule has 4 aromatic rings. The van der Waals surface area contributed by atoms with Gasteiger partial charge in [-0.1, -0.05) is 128 Å². The normalized spacial score (nSPS) is 24.6. The SMILES string of the molecule is C[C@@H]1C(O)C(OCc2ccccc2)[C@H](OCc2ccccc2)[C@H](OCc2ccccc2)C1OCc1ccccc1. The summed E-state index contributed by atoms with van der Waals surface area (Å²) in [5.74, 6) is -0.248. The summed E-state index contributed by atoms with van der Waals surface area (Å²) in [5, 5.41) is 11.6. The number of aliphatic hydroxyl groups excluding tert-OH is 1. The van der Waals surface area contributed by atoms with E-state index in [1.807, 2.05) is 128 Å². The maximum absolute atomic E-state index is 11.6. The van der Waals surface area contributed by atoms with Crippen LogP contribution >= 0.6 is 0 Å². The van der Waals surface area contributed by atoms with Crippen LogP contribution in [0.25, 0.3) is 0 Å². The second-order valence-corrected chi connectivity index (χ2v) is 10.4. The lowest BCUT2D eigenvalue weighted by atomic mass is 9.78. The fraction of sp³-hybridized carbons (Fsp3) is 0.314. The van der Waals surface area contributed by atoms with E-state index in [2.05, 4.69) is 0 Å². The first-order valence-electron chi connectivity index (χ1n) is 14.0. The predicted molar refractivity (Wildman–Crippen MR) is 155 cm³/mol. The Morgan fingerprint density at radius 1 is 0.425 bits per heavy atom. The molecule has 0 bridgehead atoms. The highest BCUT2D eigenvalue weighted by Gasteiger charge is 2.51. The van der Waals surface area contributed by atoms with E-state index in [0.29, 0.717) is 26.4 Å². The fourth-order valence-electron chi connectivity index (χ4n) is 5.25. The van der Waals surface area contributed by atoms with Gasteiger partial charge in [0, 0.05) is 5.92 Å². The van der Waals surface area contributed by atoms with Crippen LogP contribution in [0, 0.1) is 5.92 Å². The van der Waals surface area contributed by atoms with Crippen molar-refractivity contribution in [3.8, 4) is 0 Å². The van der Waals surface area contributed by atoms with Crippen LogP contribution < -0.4 is 0 Å². The highest BCUT2D eigenvalue weighted by Crippen LogP contribution is 2.35. The Morgan fingerprint density at radius 3 is 1.05 bits per heavy atom. The summed E-state index contributed by atoms with van der Waals surface area (Å²) < 4.78 is 26.2. The van der Waals surface area contributed by atoms with Gasteiger partial charge in [0.25, 0.3) is 0 Å². The average Bonchev–Trinajstić information content (AvgIpc) is 3.01. The van der Waals surface area contributed by atoms with Crippen LogP contribution in [-0.4, -0.2) is 35.6 Å². The van der Waals surface area contributed by atoms with Crippen LogP contribution in [0.2, 0.25) is 0 Å². The number of rotatable bonds is 12. The van der Waals surface area contributed by atoms with Crippen molar-refractivity contribution < 1.29 is 24.1 Å². The third-order valence-corrected chi connectivity index (χ3v) is 7.51. The Hall–Kier alpha value is -3.32. The highest BCUT2D eigenvalue weighted by atomic mass is 16.6. The van der Waals surface area contributed by atoms with Crippen molar-refractivity contribution in [2.75, 3.05) is 0 Å². The zero-order valence-corrected chi connectivity index (χ0v) is 22.9. The first-order valence-corrected chi connectivity index (χ1v) is 14.0. The smallest absolute Gasteiger partial charge is 0.115 e. The van der Waals surface area contributed by atoms with Crippen molar-refractivity contribution in [3.05, 3.63) is 144 Å². The molecule has 1 N–H and O–H groups in total. The minimum absolute atomic E-state index is 0.248. The van der Waals surface area contributed by atoms with Gasteiger partial charge in [0.15, 0.2) is 0 Å². The van der Waals surface area contributed by atoms with Crippen LogP contribution in [0.3, 0.4) is 0 Å². The van der Waals surface area contributed by atoms with Gasteiger partial charge in [-0.3, -0.25) is 0 Å². The molecular formula is C35H38O5. The molecule has 1 saturated carbocycles. The van der Waals surface area contributed by atoms with Crippen LogP contribution in [0.4, 0.5) is 0 Å². The first-order chi connectivity index (χ1) is 19.7. The van der Waals surface area contributed by atoms with Crippen LogP contribution in [-0.2, 0) is 45.4 Å². The van der Waals surface area contributed by atoms with Crippen molar-refractivity contribution >= 4 is 0 Å². The maximum Gasteiger partial charge on any atom is 0.115 e. The second-order valence-electron chi connectivity index (χ2n) is 10.4. The minimum atomic E-state index is -0.804. The van der Waals surface area contributed by atoms with Crippen molar-refractivity contribution in [1.82, 2.24) is 0 Å². The highest BCUT2D eigenvalue weighted by molar-refractivity contribution is 5.17. The van der Waals surface area contributed by atoms with Crippen LogP contribution in [0.15, 0.2) is 121 Å². The molecule has 208 valence electrons. The summed E-state index contributed by atoms with van der Waals surface area (Å²) in [7, 11) is 0. The Kier molecular flexibility index (Phi) is 10.1. The van der Waals surface area contributed by atoms with Crippen LogP contribution in [0.5, 0.6) is 0 Å². The molecule has 0 saturated heterocycles. The third-order valence-electron chi connectivity index (χ3n) is 7.51. The molecule has 40 heavy (non-hydrogen) atoms. The van der Waals surface area contributed by atoms with Gasteiger partial charge in [-0.25, -0.2) is 0 Å². The largest absolute Gasteiger partial charge is 0.390 e. The molecule has 5 heteroatoms. The molecule has 0 aromatic heterocycles. The monoisotopic (exact) mass is 538 g/mol. The third kappa shape index (κ3) is 7.45. The van der Waals surface area contributed by atoms with Crippen LogP contribution in [0.1, 0.15) is 29.2 Å². The second kappa shape index (κ2) is 14.4. The lowest BCUT2D eigenvalue weighted by Gasteiger charge is -2.48. The zero-order valence-electron chi connectivity index (χ0n) is 22.9. The Bertz CT molecular complexity index is 1150. The Morgan fingerprint density at radius 2 is 0.700 bits per heavy atom. The molecule has 5 nitrogen and oxygen atoms in total. The first kappa shape index (κ1) is 28.2. The Labute approximate surface area is 237 Å². The van der Waals surface area contributed by atoms with Gasteiger partial charge in [0.05, 0.1) is 38.6 Å². The number of benzene rings is 4. The summed E-state index contributed by atoms with van der Waals surface area (Å²) in [6.45, 7) is 3.55. The molecule has 1 fully saturated rings. The Balaban J connectivity index is 1.42. The topological polar surface area (TPSA) is 57.2 Å². The van der Waals surface area contributed by atoms with Gasteiger partial charge >= 0.3 is 0 Å². The van der Waals surface area contributed by atoms with E-state index < -0.39 is 30.5 Å². The molecule has 3 unspecified atom stereocenters. The minimum Gasteiger partial charge on any atom is -0.390 e. The summed E-state index contributed by atoms with van der Waals surface area (Å²) in [4.78, 5) is 0. The fourth-order valence-corrected chi connectivity index (χ4v) is 5.25. The lowest BCUT2D eigenvalue weighted by molar-refractivity contribution is -0.258. The van der Waals surface area contributed by atoms with Crippen molar-refractivity contribution in [2.24, 2.45) is 5.92 Å². The molecule has 0 aliphatic heterocycles. The quantitative estimate of drug-likeness (QED) is 0.228. The molecule has 1 aliphatic carbocycles. The molecule has 5 rings (SSSR count). The summed E-state index contributed by atoms with van der Waals surface area (Å²) in [5.41, 5.74) is 4.20. The summed E-state index contributed by atoms with van der Waals surface area (Å²) >= 11 is 0. The number of hydrogen-bond donors (Lipinski definition) is 1. The van der Waals surface area contributed by atoms with E-state index in [-0.39, 0.29) is 5.92 Å². The zero-order chi connectivity index (χ0) is 27.6. The molecule has 1 aliphatic rings. The number of hydrogen-bond acceptors (Lipinski definition) is 5. The summed E-state index contributed by atoms with van der Waals surface area (Å²) in [6, 6.07) is 40.2. The van der Waals surface area contributed by atoms with Gasteiger partial charge in [-0.2, -0.15) is 0 Å². The maximum atomic E-state index is 11.6. The van der Waals surface area contributed by atoms with E-state index in [4.69, 9.17) is 18.9 Å². The molecule has 6 atom stereocenters. The molecule has 0 heterocycles. The van der Waals surface area contributed by atoms with Crippen molar-refractivity contribution in [2.45, 2.75) is 63.9 Å². The molecular weight excluding hydrogens is 500 g/mol. The predicted octanol–water partition coefficient (Wildman–Crippen LogP) is 6.34. The van der Waals surface area contributed by atoms with Gasteiger partial charge in [-0.15, -0.1) is 0 Å². The molecule has 0 radical (unpaired) electrons. The van der Waals surface area contributed by atoms with E-state index in [1.54, 1.807) is 0 Å². The number of aliphatic hydroxyl groups is 1. The molecule has 0 amide bonds. The molecule has 0 spiro atoms. The van der Waals surface area contributed by atoms with Crippen molar-refractivity contribution in [3.63, 3.8) is 0 Å². The van der Waals surface area contributed by atoms with E-state index in [1.165, 1.54) is 0 Å². The van der Waals surface area contributed by atoms with Gasteiger partial charge in [-0.05, 0) is 22.3 Å². The van der Waals surface area contributed by atoms with Gasteiger partial charge in [0.2, 0.25) is 0 Å². The van der Waals surface area contributed by atoms with Gasteiger partial charge < -0.3 is 24.1 Å². The number of ether oxygens (including phenoxy) is 4. The average molecular weight is 539 g/mol. The molecule has 4 aromatic carbocycles. The van der Waals surface area contributed by atoms with E-state index >= 15 is 0 Å². The van der Waals surface area contributed by atoms with E-state index in [9.17, 15) is 5.11 Å².